The molecule has 1 aromatic carbocycles. The van der Waals surface area contributed by atoms with Crippen LogP contribution in [-0.4, -0.2) is 23.5 Å². The molecule has 0 saturated heterocycles. The molecule has 70 valence electrons. The normalized spacial score (nSPS) is 12.5. The summed E-state index contributed by atoms with van der Waals surface area (Å²) in [5.41, 5.74) is 5.63. The van der Waals surface area contributed by atoms with Crippen LogP contribution in [0.2, 0.25) is 0 Å². The molecule has 3 N–H and O–H groups in total. The first-order chi connectivity index (χ1) is 6.15. The zero-order valence-corrected chi connectivity index (χ0v) is 8.49. The first kappa shape index (κ1) is 10.4. The summed E-state index contributed by atoms with van der Waals surface area (Å²) in [6.45, 7) is -0.0467. The van der Waals surface area contributed by atoms with E-state index in [0.717, 1.165) is 4.47 Å². The van der Waals surface area contributed by atoms with Crippen molar-refractivity contribution in [3.8, 4) is 0 Å². The second-order valence-electron chi connectivity index (χ2n) is 2.62. The van der Waals surface area contributed by atoms with Crippen molar-refractivity contribution >= 4 is 21.7 Å². The third-order valence-corrected chi connectivity index (χ3v) is 2.18. The number of hydrogen-bond donors (Lipinski definition) is 2. The zero-order chi connectivity index (χ0) is 9.84. The summed E-state index contributed by atoms with van der Waals surface area (Å²) in [5, 5.41) is 9.16. The molecule has 1 atom stereocenters. The molecule has 0 bridgehead atoms. The highest BCUT2D eigenvalue weighted by molar-refractivity contribution is 9.10. The van der Waals surface area contributed by atoms with Gasteiger partial charge in [-0.15, -0.1) is 0 Å². The fraction of sp³-hybridized carbons (Fsp3) is 0.222. The summed E-state index contributed by atoms with van der Waals surface area (Å²) in [4.78, 5) is 11.3. The Labute approximate surface area is 84.7 Å². The van der Waals surface area contributed by atoms with Gasteiger partial charge in [0.2, 0.25) is 0 Å². The van der Waals surface area contributed by atoms with Crippen molar-refractivity contribution in [3.05, 3.63) is 34.3 Å². The largest absolute Gasteiger partial charge is 0.384 e. The van der Waals surface area contributed by atoms with E-state index in [4.69, 9.17) is 10.8 Å². The van der Waals surface area contributed by atoms with Gasteiger partial charge < -0.3 is 10.8 Å². The number of benzene rings is 1. The van der Waals surface area contributed by atoms with Gasteiger partial charge in [0, 0.05) is 16.6 Å². The summed E-state index contributed by atoms with van der Waals surface area (Å²) < 4.78 is 0.895. The van der Waals surface area contributed by atoms with Crippen molar-refractivity contribution < 1.29 is 9.90 Å². The summed E-state index contributed by atoms with van der Waals surface area (Å²) in [7, 11) is 0. The third kappa shape index (κ3) is 2.62. The smallest absolute Gasteiger partial charge is 0.192 e. The summed E-state index contributed by atoms with van der Waals surface area (Å²) in [6, 6.07) is 6.78. The molecule has 3 nitrogen and oxygen atoms in total. The number of hydrogen-bond acceptors (Lipinski definition) is 3. The van der Waals surface area contributed by atoms with E-state index >= 15 is 0 Å². The maximum atomic E-state index is 11.3. The fourth-order valence-corrected chi connectivity index (χ4v) is 1.18. The van der Waals surface area contributed by atoms with E-state index in [1.165, 1.54) is 0 Å². The van der Waals surface area contributed by atoms with Gasteiger partial charge in [0.15, 0.2) is 5.78 Å². The number of halogens is 1. The number of Topliss-reactive ketones (excluding diaryl/α,β-unsaturated/α-hetero) is 1. The molecule has 0 fully saturated rings. The van der Waals surface area contributed by atoms with Gasteiger partial charge in [-0.3, -0.25) is 4.79 Å². The van der Waals surface area contributed by atoms with Crippen LogP contribution in [0.25, 0.3) is 0 Å². The van der Waals surface area contributed by atoms with Crippen LogP contribution in [0.4, 0.5) is 0 Å². The minimum Gasteiger partial charge on any atom is -0.384 e. The highest BCUT2D eigenvalue weighted by atomic mass is 79.9. The van der Waals surface area contributed by atoms with E-state index in [1.807, 2.05) is 0 Å². The van der Waals surface area contributed by atoms with Gasteiger partial charge in [0.25, 0.3) is 0 Å². The zero-order valence-electron chi connectivity index (χ0n) is 6.90. The number of carbonyl (C=O) groups excluding carboxylic acids is 1. The van der Waals surface area contributed by atoms with Crippen molar-refractivity contribution in [1.82, 2.24) is 0 Å². The quantitative estimate of drug-likeness (QED) is 0.778. The number of aliphatic hydroxyl groups excluding tert-OH is 1. The highest BCUT2D eigenvalue weighted by Crippen LogP contribution is 2.11. The molecule has 1 unspecified atom stereocenters. The topological polar surface area (TPSA) is 63.3 Å². The van der Waals surface area contributed by atoms with Crippen LogP contribution < -0.4 is 5.73 Å². The number of nitrogens with two attached hydrogens (primary N) is 1. The molecule has 0 spiro atoms. The molecule has 0 aliphatic carbocycles. The maximum Gasteiger partial charge on any atom is 0.192 e. The van der Waals surface area contributed by atoms with Crippen LogP contribution in [0.3, 0.4) is 0 Å². The van der Waals surface area contributed by atoms with Crippen LogP contribution in [0, 0.1) is 0 Å². The molecule has 0 saturated carbocycles. The number of rotatable bonds is 3. The van der Waals surface area contributed by atoms with Crippen LogP contribution in [0.1, 0.15) is 10.4 Å². The van der Waals surface area contributed by atoms with Crippen LogP contribution in [-0.2, 0) is 0 Å². The Morgan fingerprint density at radius 2 is 2.00 bits per heavy atom. The average Bonchev–Trinajstić information content (AvgIpc) is 2.17. The van der Waals surface area contributed by atoms with Crippen molar-refractivity contribution in [2.75, 3.05) is 6.54 Å². The average molecular weight is 244 g/mol. The molecule has 0 aliphatic rings. The molecule has 0 aliphatic heterocycles. The lowest BCUT2D eigenvalue weighted by Crippen LogP contribution is -2.29. The summed E-state index contributed by atoms with van der Waals surface area (Å²) in [6.07, 6.45) is -1.10. The van der Waals surface area contributed by atoms with E-state index in [0.29, 0.717) is 5.56 Å². The molecule has 0 amide bonds. The molecular formula is C9H10BrNO2. The predicted molar refractivity (Wildman–Crippen MR) is 53.5 cm³/mol. The second kappa shape index (κ2) is 4.50. The first-order valence-corrected chi connectivity index (χ1v) is 4.62. The van der Waals surface area contributed by atoms with Crippen molar-refractivity contribution in [2.24, 2.45) is 5.73 Å². The standard InChI is InChI=1S/C9H10BrNO2/c10-7-3-1-6(2-4-7)9(13)8(12)5-11/h1-4,8,12H,5,11H2. The number of carbonyl (C=O) groups is 1. The SMILES string of the molecule is NCC(O)C(=O)c1ccc(Br)cc1. The Balaban J connectivity index is 2.83. The predicted octanol–water partition coefficient (Wildman–Crippen LogP) is 0.951. The van der Waals surface area contributed by atoms with Crippen LogP contribution in [0.15, 0.2) is 28.7 Å². The van der Waals surface area contributed by atoms with Gasteiger partial charge in [-0.25, -0.2) is 0 Å². The Hall–Kier alpha value is -0.710. The number of aliphatic hydroxyl groups is 1. The molecule has 1 aromatic rings. The molecule has 0 heterocycles. The molecule has 0 radical (unpaired) electrons. The van der Waals surface area contributed by atoms with E-state index in [-0.39, 0.29) is 12.3 Å². The van der Waals surface area contributed by atoms with Gasteiger partial charge in [-0.2, -0.15) is 0 Å². The van der Waals surface area contributed by atoms with Crippen molar-refractivity contribution in [2.45, 2.75) is 6.10 Å². The fourth-order valence-electron chi connectivity index (χ4n) is 0.914. The Morgan fingerprint density at radius 1 is 1.46 bits per heavy atom. The Morgan fingerprint density at radius 3 is 2.46 bits per heavy atom. The monoisotopic (exact) mass is 243 g/mol. The molecular weight excluding hydrogens is 234 g/mol. The van der Waals surface area contributed by atoms with Crippen LogP contribution >= 0.6 is 15.9 Å². The van der Waals surface area contributed by atoms with E-state index in [2.05, 4.69) is 15.9 Å². The third-order valence-electron chi connectivity index (χ3n) is 1.65. The Kier molecular flexibility index (Phi) is 3.59. The van der Waals surface area contributed by atoms with Crippen molar-refractivity contribution in [3.63, 3.8) is 0 Å². The lowest BCUT2D eigenvalue weighted by molar-refractivity contribution is 0.0763. The lowest BCUT2D eigenvalue weighted by Gasteiger charge is -2.05. The number of ketones is 1. The van der Waals surface area contributed by atoms with Gasteiger partial charge in [-0.1, -0.05) is 28.1 Å². The summed E-state index contributed by atoms with van der Waals surface area (Å²) >= 11 is 3.25. The van der Waals surface area contributed by atoms with Crippen LogP contribution in [0.5, 0.6) is 0 Å². The van der Waals surface area contributed by atoms with Gasteiger partial charge in [-0.05, 0) is 12.1 Å². The lowest BCUT2D eigenvalue weighted by atomic mass is 10.1. The molecule has 1 rings (SSSR count). The Bertz CT molecular complexity index is 297. The van der Waals surface area contributed by atoms with Crippen molar-refractivity contribution in [1.29, 1.82) is 0 Å². The van der Waals surface area contributed by atoms with E-state index in [9.17, 15) is 4.79 Å². The maximum absolute atomic E-state index is 11.3. The minimum atomic E-state index is -1.10. The van der Waals surface area contributed by atoms with Gasteiger partial charge in [0.1, 0.15) is 6.10 Å². The summed E-state index contributed by atoms with van der Waals surface area (Å²) in [5.74, 6) is -0.338. The molecule has 4 heteroatoms. The first-order valence-electron chi connectivity index (χ1n) is 3.83. The van der Waals surface area contributed by atoms with E-state index < -0.39 is 6.10 Å². The second-order valence-corrected chi connectivity index (χ2v) is 3.54. The molecule has 13 heavy (non-hydrogen) atoms. The highest BCUT2D eigenvalue weighted by Gasteiger charge is 2.14. The minimum absolute atomic E-state index is 0.0467. The van der Waals surface area contributed by atoms with Gasteiger partial charge >= 0.3 is 0 Å². The van der Waals surface area contributed by atoms with Gasteiger partial charge in [0.05, 0.1) is 0 Å². The van der Waals surface area contributed by atoms with E-state index in [1.54, 1.807) is 24.3 Å². The molecule has 0 aromatic heterocycles.